The summed E-state index contributed by atoms with van der Waals surface area (Å²) in [6.45, 7) is 3.69. The number of amides is 2. The third kappa shape index (κ3) is 4.40. The van der Waals surface area contributed by atoms with Crippen molar-refractivity contribution in [3.63, 3.8) is 0 Å². The lowest BCUT2D eigenvalue weighted by Gasteiger charge is -2.11. The van der Waals surface area contributed by atoms with Crippen LogP contribution in [0.1, 0.15) is 28.7 Å². The lowest BCUT2D eigenvalue weighted by molar-refractivity contribution is -0.114. The quantitative estimate of drug-likeness (QED) is 0.491. The maximum absolute atomic E-state index is 12.4. The van der Waals surface area contributed by atoms with Crippen molar-refractivity contribution in [2.24, 2.45) is 0 Å². The highest BCUT2D eigenvalue weighted by Gasteiger charge is 2.19. The molecule has 0 aliphatic heterocycles. The Balaban J connectivity index is 1.63. The van der Waals surface area contributed by atoms with Crippen LogP contribution in [0.25, 0.3) is 16.8 Å². The van der Waals surface area contributed by atoms with Crippen LogP contribution in [0.3, 0.4) is 0 Å². The normalized spacial score (nSPS) is 10.6. The molecule has 7 nitrogen and oxygen atoms in total. The second-order valence-electron chi connectivity index (χ2n) is 7.08. The molecule has 156 valence electrons. The minimum Gasteiger partial charge on any atom is -0.467 e. The van der Waals surface area contributed by atoms with Crippen molar-refractivity contribution >= 4 is 17.6 Å². The topological polar surface area (TPSA) is 89.2 Å². The van der Waals surface area contributed by atoms with E-state index in [9.17, 15) is 9.59 Å². The molecule has 2 amide bonds. The molecule has 2 aromatic heterocycles. The van der Waals surface area contributed by atoms with Crippen molar-refractivity contribution in [2.45, 2.75) is 20.4 Å². The van der Waals surface area contributed by atoms with Crippen LogP contribution in [0.5, 0.6) is 0 Å². The first kappa shape index (κ1) is 20.2. The van der Waals surface area contributed by atoms with Crippen LogP contribution in [-0.4, -0.2) is 21.6 Å². The van der Waals surface area contributed by atoms with Gasteiger partial charge in [-0.1, -0.05) is 30.3 Å². The number of nitrogens with zero attached hydrogens (tertiary/aromatic N) is 2. The van der Waals surface area contributed by atoms with E-state index in [1.54, 1.807) is 47.3 Å². The summed E-state index contributed by atoms with van der Waals surface area (Å²) in [4.78, 5) is 24.3. The molecule has 0 saturated carbocycles. The minimum absolute atomic E-state index is 0.188. The smallest absolute Gasteiger partial charge is 0.251 e. The molecule has 7 heteroatoms. The molecule has 0 bridgehead atoms. The van der Waals surface area contributed by atoms with E-state index in [-0.39, 0.29) is 11.8 Å². The van der Waals surface area contributed by atoms with Gasteiger partial charge in [0.2, 0.25) is 5.91 Å². The van der Waals surface area contributed by atoms with Crippen molar-refractivity contribution < 1.29 is 14.0 Å². The van der Waals surface area contributed by atoms with Gasteiger partial charge in [-0.15, -0.1) is 0 Å². The number of furan rings is 1. The Labute approximate surface area is 179 Å². The van der Waals surface area contributed by atoms with Gasteiger partial charge in [0.1, 0.15) is 11.6 Å². The zero-order valence-corrected chi connectivity index (χ0v) is 17.3. The van der Waals surface area contributed by atoms with Gasteiger partial charge in [-0.25, -0.2) is 4.68 Å². The molecular formula is C24H22N4O3. The standard InChI is InChI=1S/C24H22N4O3/c1-16-22(18-7-4-3-5-8-18)23(26-17(2)29)28(27-16)20-12-10-19(11-13-20)24(30)25-15-21-9-6-14-31-21/h3-14H,15H2,1-2H3,(H,25,30)(H,26,29). The molecule has 31 heavy (non-hydrogen) atoms. The number of rotatable bonds is 6. The predicted molar refractivity (Wildman–Crippen MR) is 118 cm³/mol. The number of benzene rings is 2. The SMILES string of the molecule is CC(=O)Nc1c(-c2ccccc2)c(C)nn1-c1ccc(C(=O)NCc2ccco2)cc1. The molecule has 0 unspecified atom stereocenters. The van der Waals surface area contributed by atoms with Gasteiger partial charge in [0.15, 0.2) is 0 Å². The molecule has 2 aromatic carbocycles. The van der Waals surface area contributed by atoms with Gasteiger partial charge in [-0.3, -0.25) is 9.59 Å². The summed E-state index contributed by atoms with van der Waals surface area (Å²) >= 11 is 0. The molecule has 4 aromatic rings. The van der Waals surface area contributed by atoms with Gasteiger partial charge in [0.05, 0.1) is 24.2 Å². The summed E-state index contributed by atoms with van der Waals surface area (Å²) in [6, 6.07) is 20.4. The van der Waals surface area contributed by atoms with E-state index in [0.29, 0.717) is 23.7 Å². The second-order valence-corrected chi connectivity index (χ2v) is 7.08. The molecule has 0 radical (unpaired) electrons. The number of nitrogens with one attached hydrogen (secondary N) is 2. The van der Waals surface area contributed by atoms with Crippen LogP contribution in [0, 0.1) is 6.92 Å². The summed E-state index contributed by atoms with van der Waals surface area (Å²) in [5.74, 6) is 0.885. The zero-order valence-electron chi connectivity index (χ0n) is 17.3. The van der Waals surface area contributed by atoms with Crippen LogP contribution >= 0.6 is 0 Å². The fraction of sp³-hybridized carbons (Fsp3) is 0.125. The Morgan fingerprint density at radius 2 is 1.74 bits per heavy atom. The molecule has 4 rings (SSSR count). The molecule has 2 N–H and O–H groups in total. The van der Waals surface area contributed by atoms with E-state index in [1.165, 1.54) is 6.92 Å². The van der Waals surface area contributed by atoms with Gasteiger partial charge in [-0.05, 0) is 48.9 Å². The van der Waals surface area contributed by atoms with E-state index in [2.05, 4.69) is 15.7 Å². The first-order valence-electron chi connectivity index (χ1n) is 9.86. The highest BCUT2D eigenvalue weighted by Crippen LogP contribution is 2.33. The predicted octanol–water partition coefficient (Wildman–Crippen LogP) is 4.33. The van der Waals surface area contributed by atoms with Crippen molar-refractivity contribution in [2.75, 3.05) is 5.32 Å². The highest BCUT2D eigenvalue weighted by molar-refractivity contribution is 5.95. The lowest BCUT2D eigenvalue weighted by atomic mass is 10.1. The lowest BCUT2D eigenvalue weighted by Crippen LogP contribution is -2.22. The van der Waals surface area contributed by atoms with Crippen molar-refractivity contribution in [3.8, 4) is 16.8 Å². The summed E-state index contributed by atoms with van der Waals surface area (Å²) < 4.78 is 6.91. The molecule has 2 heterocycles. The largest absolute Gasteiger partial charge is 0.467 e. The summed E-state index contributed by atoms with van der Waals surface area (Å²) in [5, 5.41) is 10.4. The Morgan fingerprint density at radius 3 is 2.39 bits per heavy atom. The Bertz CT molecular complexity index is 1190. The molecule has 0 aliphatic carbocycles. The average Bonchev–Trinajstić information content (AvgIpc) is 3.40. The van der Waals surface area contributed by atoms with E-state index in [4.69, 9.17) is 4.42 Å². The molecular weight excluding hydrogens is 392 g/mol. The average molecular weight is 414 g/mol. The summed E-state index contributed by atoms with van der Waals surface area (Å²) in [7, 11) is 0. The number of aromatic nitrogens is 2. The monoisotopic (exact) mass is 414 g/mol. The number of carbonyl (C=O) groups is 2. The molecule has 0 aliphatic rings. The van der Waals surface area contributed by atoms with Crippen molar-refractivity contribution in [1.29, 1.82) is 0 Å². The van der Waals surface area contributed by atoms with Crippen molar-refractivity contribution in [3.05, 3.63) is 90.0 Å². The highest BCUT2D eigenvalue weighted by atomic mass is 16.3. The minimum atomic E-state index is -0.202. The third-order valence-corrected chi connectivity index (χ3v) is 4.79. The summed E-state index contributed by atoms with van der Waals surface area (Å²) in [5.41, 5.74) is 3.86. The number of carbonyl (C=O) groups excluding carboxylic acids is 2. The maximum atomic E-state index is 12.4. The van der Waals surface area contributed by atoms with Gasteiger partial charge in [-0.2, -0.15) is 5.10 Å². The molecule has 0 atom stereocenters. The van der Waals surface area contributed by atoms with E-state index < -0.39 is 0 Å². The van der Waals surface area contributed by atoms with E-state index in [1.807, 2.05) is 37.3 Å². The van der Waals surface area contributed by atoms with E-state index >= 15 is 0 Å². The van der Waals surface area contributed by atoms with Crippen molar-refractivity contribution in [1.82, 2.24) is 15.1 Å². The van der Waals surface area contributed by atoms with Crippen LogP contribution in [0.15, 0.2) is 77.4 Å². The number of aryl methyl sites for hydroxylation is 1. The molecule has 0 spiro atoms. The van der Waals surface area contributed by atoms with Gasteiger partial charge in [0, 0.05) is 18.1 Å². The fourth-order valence-corrected chi connectivity index (χ4v) is 3.38. The number of hydrogen-bond donors (Lipinski definition) is 2. The van der Waals surface area contributed by atoms with Gasteiger partial charge >= 0.3 is 0 Å². The Hall–Kier alpha value is -4.13. The van der Waals surface area contributed by atoms with Crippen LogP contribution in [0.2, 0.25) is 0 Å². The molecule has 0 fully saturated rings. The van der Waals surface area contributed by atoms with Gasteiger partial charge < -0.3 is 15.1 Å². The Morgan fingerprint density at radius 1 is 1.00 bits per heavy atom. The van der Waals surface area contributed by atoms with Crippen LogP contribution in [0.4, 0.5) is 5.82 Å². The Kier molecular flexibility index (Phi) is 5.66. The van der Waals surface area contributed by atoms with Gasteiger partial charge in [0.25, 0.3) is 5.91 Å². The number of hydrogen-bond acceptors (Lipinski definition) is 4. The summed E-state index contributed by atoms with van der Waals surface area (Å²) in [6.07, 6.45) is 1.57. The third-order valence-electron chi connectivity index (χ3n) is 4.79. The molecule has 0 saturated heterocycles. The number of anilines is 1. The maximum Gasteiger partial charge on any atom is 0.251 e. The zero-order chi connectivity index (χ0) is 21.8. The fourth-order valence-electron chi connectivity index (χ4n) is 3.38. The first-order valence-corrected chi connectivity index (χ1v) is 9.86. The van der Waals surface area contributed by atoms with Crippen LogP contribution < -0.4 is 10.6 Å². The van der Waals surface area contributed by atoms with E-state index in [0.717, 1.165) is 22.5 Å². The second kappa shape index (κ2) is 8.71. The first-order chi connectivity index (χ1) is 15.0. The van der Waals surface area contributed by atoms with Crippen LogP contribution in [-0.2, 0) is 11.3 Å².